The van der Waals surface area contributed by atoms with Crippen molar-refractivity contribution < 1.29 is 9.18 Å². The van der Waals surface area contributed by atoms with Gasteiger partial charge in [-0.15, -0.1) is 0 Å². The number of nitrogens with one attached hydrogen (secondary N) is 1. The van der Waals surface area contributed by atoms with Crippen molar-refractivity contribution in [3.8, 4) is 0 Å². The van der Waals surface area contributed by atoms with Gasteiger partial charge in [-0.1, -0.05) is 19.9 Å². The molecule has 0 bridgehead atoms. The summed E-state index contributed by atoms with van der Waals surface area (Å²) < 4.78 is 13.3. The lowest BCUT2D eigenvalue weighted by atomic mass is 10.0. The summed E-state index contributed by atoms with van der Waals surface area (Å²) in [7, 11) is 0. The highest BCUT2D eigenvalue weighted by atomic mass is 19.1. The molecule has 88 valence electrons. The van der Waals surface area contributed by atoms with Crippen LogP contribution in [0.3, 0.4) is 0 Å². The third-order valence-electron chi connectivity index (χ3n) is 2.40. The number of carbonyl (C=O) groups excluding carboxylic acids is 1. The van der Waals surface area contributed by atoms with Crippen molar-refractivity contribution in [1.29, 1.82) is 0 Å². The van der Waals surface area contributed by atoms with Gasteiger partial charge in [-0.25, -0.2) is 4.39 Å². The summed E-state index contributed by atoms with van der Waals surface area (Å²) in [6.45, 7) is 5.52. The minimum Gasteiger partial charge on any atom is -0.322 e. The summed E-state index contributed by atoms with van der Waals surface area (Å²) in [5.74, 6) is -0.790. The Kier molecular flexibility index (Phi) is 4.01. The van der Waals surface area contributed by atoms with Gasteiger partial charge in [0.1, 0.15) is 5.82 Å². The minimum absolute atomic E-state index is 0.0212. The molecule has 16 heavy (non-hydrogen) atoms. The van der Waals surface area contributed by atoms with Gasteiger partial charge in [0.25, 0.3) is 0 Å². The van der Waals surface area contributed by atoms with Crippen molar-refractivity contribution in [2.24, 2.45) is 11.7 Å². The molecular weight excluding hydrogens is 207 g/mol. The molecule has 0 aliphatic rings. The predicted octanol–water partition coefficient (Wildman–Crippen LogP) is 2.06. The van der Waals surface area contributed by atoms with Crippen molar-refractivity contribution in [2.75, 3.05) is 5.32 Å². The zero-order chi connectivity index (χ0) is 12.3. The number of benzene rings is 1. The van der Waals surface area contributed by atoms with Crippen LogP contribution >= 0.6 is 0 Å². The van der Waals surface area contributed by atoms with Gasteiger partial charge in [-0.05, 0) is 30.5 Å². The Morgan fingerprint density at radius 1 is 1.44 bits per heavy atom. The zero-order valence-electron chi connectivity index (χ0n) is 9.75. The summed E-state index contributed by atoms with van der Waals surface area (Å²) in [4.78, 5) is 11.6. The maximum Gasteiger partial charge on any atom is 0.241 e. The van der Waals surface area contributed by atoms with Gasteiger partial charge < -0.3 is 11.1 Å². The second-order valence-electron chi connectivity index (χ2n) is 4.24. The van der Waals surface area contributed by atoms with Gasteiger partial charge in [0.15, 0.2) is 0 Å². The van der Waals surface area contributed by atoms with Gasteiger partial charge in [-0.3, -0.25) is 4.79 Å². The van der Waals surface area contributed by atoms with Crippen LogP contribution in [0.2, 0.25) is 0 Å². The molecule has 0 aromatic heterocycles. The second kappa shape index (κ2) is 5.07. The Morgan fingerprint density at radius 3 is 2.62 bits per heavy atom. The number of halogens is 1. The maximum atomic E-state index is 13.3. The lowest BCUT2D eigenvalue weighted by Gasteiger charge is -2.15. The first-order chi connectivity index (χ1) is 7.41. The molecule has 1 atom stereocenters. The Morgan fingerprint density at radius 2 is 2.06 bits per heavy atom. The van der Waals surface area contributed by atoms with Crippen LogP contribution < -0.4 is 11.1 Å². The third kappa shape index (κ3) is 3.03. The summed E-state index contributed by atoms with van der Waals surface area (Å²) in [6, 6.07) is 3.93. The first kappa shape index (κ1) is 12.6. The smallest absolute Gasteiger partial charge is 0.241 e. The lowest BCUT2D eigenvalue weighted by molar-refractivity contribution is -0.118. The molecule has 1 aromatic rings. The highest BCUT2D eigenvalue weighted by Crippen LogP contribution is 2.16. The summed E-state index contributed by atoms with van der Waals surface area (Å²) >= 11 is 0. The molecule has 0 unspecified atom stereocenters. The fourth-order valence-corrected chi connectivity index (χ4v) is 1.25. The summed E-state index contributed by atoms with van der Waals surface area (Å²) in [6.07, 6.45) is 0. The van der Waals surface area contributed by atoms with Gasteiger partial charge in [0.05, 0.1) is 11.7 Å². The standard InChI is InChI=1S/C12H17FN2O/c1-7(2)11(14)12(16)15-10-6-8(3)4-5-9(10)13/h4-7,11H,14H2,1-3H3,(H,15,16)/t11-/m0/s1. The molecule has 0 aliphatic carbocycles. The van der Waals surface area contributed by atoms with Crippen LogP contribution in [0.15, 0.2) is 18.2 Å². The van der Waals surface area contributed by atoms with Crippen LogP contribution in [0, 0.1) is 18.7 Å². The summed E-state index contributed by atoms with van der Waals surface area (Å²) in [5.41, 5.74) is 6.73. The Bertz CT molecular complexity index is 391. The van der Waals surface area contributed by atoms with Gasteiger partial charge >= 0.3 is 0 Å². The largest absolute Gasteiger partial charge is 0.322 e. The van der Waals surface area contributed by atoms with E-state index in [-0.39, 0.29) is 17.5 Å². The second-order valence-corrected chi connectivity index (χ2v) is 4.24. The predicted molar refractivity (Wildman–Crippen MR) is 62.6 cm³/mol. The molecule has 0 saturated carbocycles. The first-order valence-electron chi connectivity index (χ1n) is 5.24. The van der Waals surface area contributed by atoms with E-state index in [4.69, 9.17) is 5.73 Å². The molecule has 1 aromatic carbocycles. The fraction of sp³-hybridized carbons (Fsp3) is 0.417. The van der Waals surface area contributed by atoms with Crippen LogP contribution in [0.1, 0.15) is 19.4 Å². The van der Waals surface area contributed by atoms with E-state index in [1.54, 1.807) is 12.1 Å². The van der Waals surface area contributed by atoms with Crippen LogP contribution in [0.4, 0.5) is 10.1 Å². The Labute approximate surface area is 94.8 Å². The van der Waals surface area contributed by atoms with Crippen molar-refractivity contribution in [3.63, 3.8) is 0 Å². The zero-order valence-corrected chi connectivity index (χ0v) is 9.75. The highest BCUT2D eigenvalue weighted by Gasteiger charge is 2.18. The highest BCUT2D eigenvalue weighted by molar-refractivity contribution is 5.95. The molecule has 0 aliphatic heterocycles. The van der Waals surface area contributed by atoms with E-state index < -0.39 is 11.9 Å². The molecule has 4 heteroatoms. The number of carbonyl (C=O) groups is 1. The number of rotatable bonds is 3. The normalized spacial score (nSPS) is 12.6. The minimum atomic E-state index is -0.625. The van der Waals surface area contributed by atoms with Crippen LogP contribution in [0.25, 0.3) is 0 Å². The number of nitrogens with two attached hydrogens (primary N) is 1. The van der Waals surface area contributed by atoms with E-state index in [2.05, 4.69) is 5.32 Å². The van der Waals surface area contributed by atoms with Crippen molar-refractivity contribution in [1.82, 2.24) is 0 Å². The number of amides is 1. The van der Waals surface area contributed by atoms with E-state index >= 15 is 0 Å². The monoisotopic (exact) mass is 224 g/mol. The molecule has 0 saturated heterocycles. The van der Waals surface area contributed by atoms with E-state index in [1.165, 1.54) is 6.07 Å². The van der Waals surface area contributed by atoms with Crippen molar-refractivity contribution in [2.45, 2.75) is 26.8 Å². The lowest BCUT2D eigenvalue weighted by Crippen LogP contribution is -2.39. The van der Waals surface area contributed by atoms with Gasteiger partial charge in [-0.2, -0.15) is 0 Å². The molecule has 1 amide bonds. The maximum absolute atomic E-state index is 13.3. The SMILES string of the molecule is Cc1ccc(F)c(NC(=O)[C@@H](N)C(C)C)c1. The average Bonchev–Trinajstić information content (AvgIpc) is 2.22. The average molecular weight is 224 g/mol. The Balaban J connectivity index is 2.80. The first-order valence-corrected chi connectivity index (χ1v) is 5.24. The molecule has 0 heterocycles. The number of hydrogen-bond donors (Lipinski definition) is 2. The fourth-order valence-electron chi connectivity index (χ4n) is 1.25. The molecule has 3 N–H and O–H groups in total. The molecule has 1 rings (SSSR count). The Hall–Kier alpha value is -1.42. The third-order valence-corrected chi connectivity index (χ3v) is 2.40. The molecule has 0 fully saturated rings. The van der Waals surface area contributed by atoms with Gasteiger partial charge in [0.2, 0.25) is 5.91 Å². The van der Waals surface area contributed by atoms with Crippen LogP contribution in [-0.4, -0.2) is 11.9 Å². The van der Waals surface area contributed by atoms with E-state index in [9.17, 15) is 9.18 Å². The number of aryl methyl sites for hydroxylation is 1. The molecule has 0 radical (unpaired) electrons. The van der Waals surface area contributed by atoms with Crippen LogP contribution in [-0.2, 0) is 4.79 Å². The molecule has 0 spiro atoms. The number of hydrogen-bond acceptors (Lipinski definition) is 2. The number of anilines is 1. The van der Waals surface area contributed by atoms with Gasteiger partial charge in [0, 0.05) is 0 Å². The van der Waals surface area contributed by atoms with Crippen LogP contribution in [0.5, 0.6) is 0 Å². The van der Waals surface area contributed by atoms with E-state index in [1.807, 2.05) is 20.8 Å². The van der Waals surface area contributed by atoms with E-state index in [0.29, 0.717) is 0 Å². The molecular formula is C12H17FN2O. The topological polar surface area (TPSA) is 55.1 Å². The quantitative estimate of drug-likeness (QED) is 0.825. The van der Waals surface area contributed by atoms with E-state index in [0.717, 1.165) is 5.56 Å². The molecule has 3 nitrogen and oxygen atoms in total. The summed E-state index contributed by atoms with van der Waals surface area (Å²) in [5, 5.41) is 2.49. The van der Waals surface area contributed by atoms with Crippen molar-refractivity contribution >= 4 is 11.6 Å². The van der Waals surface area contributed by atoms with Crippen molar-refractivity contribution in [3.05, 3.63) is 29.6 Å².